The van der Waals surface area contributed by atoms with Crippen LogP contribution < -0.4 is 10.2 Å². The van der Waals surface area contributed by atoms with E-state index in [1.807, 2.05) is 0 Å². The van der Waals surface area contributed by atoms with Crippen LogP contribution in [0.2, 0.25) is 0 Å². The molecule has 0 bridgehead atoms. The van der Waals surface area contributed by atoms with Crippen molar-refractivity contribution in [1.82, 2.24) is 14.5 Å². The molecule has 1 aromatic rings. The molecule has 0 saturated carbocycles. The molecule has 2 rings (SSSR count). The summed E-state index contributed by atoms with van der Waals surface area (Å²) in [4.78, 5) is 7.54. The second-order valence-corrected chi connectivity index (χ2v) is 4.19. The van der Waals surface area contributed by atoms with E-state index in [1.54, 1.807) is 0 Å². The molecule has 6 heteroatoms. The Balaban J connectivity index is 2.42. The van der Waals surface area contributed by atoms with E-state index in [0.29, 0.717) is 13.1 Å². The SMILES string of the molecule is Nc1ncc(F)c([N+]2(CO)CCCCC2)n1. The molecule has 5 nitrogen and oxygen atoms in total. The molecular formula is C10H16FN4O+. The Labute approximate surface area is 93.3 Å². The molecule has 88 valence electrons. The Morgan fingerprint density at radius 1 is 1.38 bits per heavy atom. The molecule has 0 aliphatic carbocycles. The van der Waals surface area contributed by atoms with Gasteiger partial charge in [0.2, 0.25) is 11.8 Å². The Morgan fingerprint density at radius 2 is 2.06 bits per heavy atom. The first-order valence-corrected chi connectivity index (χ1v) is 5.43. The fraction of sp³-hybridized carbons (Fsp3) is 0.600. The van der Waals surface area contributed by atoms with Gasteiger partial charge in [-0.2, -0.15) is 9.37 Å². The van der Waals surface area contributed by atoms with Gasteiger partial charge in [0.15, 0.2) is 6.73 Å². The molecule has 1 saturated heterocycles. The maximum Gasteiger partial charge on any atom is 0.270 e. The Hall–Kier alpha value is -1.27. The van der Waals surface area contributed by atoms with E-state index >= 15 is 0 Å². The van der Waals surface area contributed by atoms with Gasteiger partial charge in [-0.3, -0.25) is 0 Å². The molecule has 3 N–H and O–H groups in total. The summed E-state index contributed by atoms with van der Waals surface area (Å²) in [5.74, 6) is -0.229. The molecule has 1 aromatic heterocycles. The Kier molecular flexibility index (Phi) is 3.02. The lowest BCUT2D eigenvalue weighted by molar-refractivity contribution is 0.0869. The number of piperidine rings is 1. The van der Waals surface area contributed by atoms with Gasteiger partial charge in [0.25, 0.3) is 5.82 Å². The third-order valence-corrected chi connectivity index (χ3v) is 3.14. The number of anilines is 1. The summed E-state index contributed by atoms with van der Waals surface area (Å²) in [6.45, 7) is 1.25. The van der Waals surface area contributed by atoms with E-state index in [4.69, 9.17) is 5.73 Å². The quantitative estimate of drug-likeness (QED) is 0.727. The summed E-state index contributed by atoms with van der Waals surface area (Å²) in [6.07, 6.45) is 4.11. The number of aromatic nitrogens is 2. The third kappa shape index (κ3) is 1.85. The summed E-state index contributed by atoms with van der Waals surface area (Å²) >= 11 is 0. The number of nitrogens with two attached hydrogens (primary N) is 1. The zero-order valence-corrected chi connectivity index (χ0v) is 9.06. The second kappa shape index (κ2) is 4.31. The number of likely N-dealkylation sites (tertiary alicyclic amines) is 1. The minimum Gasteiger partial charge on any atom is -0.368 e. The lowest BCUT2D eigenvalue weighted by Gasteiger charge is -2.37. The number of hydrogen-bond acceptors (Lipinski definition) is 4. The Bertz CT molecular complexity index is 379. The molecule has 0 spiro atoms. The highest BCUT2D eigenvalue weighted by atomic mass is 19.1. The third-order valence-electron chi connectivity index (χ3n) is 3.14. The van der Waals surface area contributed by atoms with Crippen molar-refractivity contribution in [2.75, 3.05) is 25.6 Å². The summed E-state index contributed by atoms with van der Waals surface area (Å²) in [5.41, 5.74) is 5.47. The fourth-order valence-electron chi connectivity index (χ4n) is 2.24. The number of aliphatic hydroxyl groups is 1. The number of hydrogen-bond donors (Lipinski definition) is 2. The zero-order chi connectivity index (χ0) is 11.6. The summed E-state index contributed by atoms with van der Waals surface area (Å²) in [5, 5.41) is 9.51. The van der Waals surface area contributed by atoms with Gasteiger partial charge in [-0.05, 0) is 19.3 Å². The molecular weight excluding hydrogens is 211 g/mol. The highest BCUT2D eigenvalue weighted by Gasteiger charge is 2.36. The number of nitrogen functional groups attached to an aromatic ring is 1. The predicted molar refractivity (Wildman–Crippen MR) is 58.9 cm³/mol. The average molecular weight is 227 g/mol. The lowest BCUT2D eigenvalue weighted by atomic mass is 10.1. The van der Waals surface area contributed by atoms with Crippen molar-refractivity contribution < 1.29 is 9.50 Å². The Morgan fingerprint density at radius 3 is 2.69 bits per heavy atom. The average Bonchev–Trinajstić information content (AvgIpc) is 2.33. The van der Waals surface area contributed by atoms with Crippen LogP contribution in [-0.2, 0) is 0 Å². The van der Waals surface area contributed by atoms with Gasteiger partial charge >= 0.3 is 0 Å². The van der Waals surface area contributed by atoms with Crippen molar-refractivity contribution >= 4 is 11.8 Å². The maximum absolute atomic E-state index is 13.7. The highest BCUT2D eigenvalue weighted by molar-refractivity contribution is 5.39. The first kappa shape index (κ1) is 11.2. The highest BCUT2D eigenvalue weighted by Crippen LogP contribution is 2.28. The van der Waals surface area contributed by atoms with E-state index in [0.717, 1.165) is 25.5 Å². The van der Waals surface area contributed by atoms with Crippen LogP contribution in [0.1, 0.15) is 19.3 Å². The second-order valence-electron chi connectivity index (χ2n) is 4.19. The molecule has 1 fully saturated rings. The van der Waals surface area contributed by atoms with E-state index < -0.39 is 5.82 Å². The van der Waals surface area contributed by atoms with Crippen LogP contribution in [0.4, 0.5) is 16.2 Å². The summed E-state index contributed by atoms with van der Waals surface area (Å²) in [6, 6.07) is 0. The van der Waals surface area contributed by atoms with Crippen LogP contribution in [0.5, 0.6) is 0 Å². The van der Waals surface area contributed by atoms with Crippen molar-refractivity contribution in [1.29, 1.82) is 0 Å². The van der Waals surface area contributed by atoms with Crippen molar-refractivity contribution in [2.45, 2.75) is 19.3 Å². The van der Waals surface area contributed by atoms with Crippen LogP contribution in [0, 0.1) is 5.82 Å². The fourth-order valence-corrected chi connectivity index (χ4v) is 2.24. The van der Waals surface area contributed by atoms with Crippen LogP contribution >= 0.6 is 0 Å². The summed E-state index contributed by atoms with van der Waals surface area (Å²) in [7, 11) is 0. The van der Waals surface area contributed by atoms with Crippen LogP contribution in [-0.4, -0.2) is 34.9 Å². The number of aliphatic hydroxyl groups excluding tert-OH is 1. The van der Waals surface area contributed by atoms with Crippen LogP contribution in [0.25, 0.3) is 0 Å². The number of halogens is 1. The normalized spacial score (nSPS) is 19.6. The maximum atomic E-state index is 13.7. The van der Waals surface area contributed by atoms with Gasteiger partial charge in [0.05, 0.1) is 19.3 Å². The molecule has 0 radical (unpaired) electrons. The topological polar surface area (TPSA) is 72.0 Å². The summed E-state index contributed by atoms with van der Waals surface area (Å²) < 4.78 is 13.8. The molecule has 1 aliphatic heterocycles. The van der Waals surface area contributed by atoms with Crippen molar-refractivity contribution in [3.8, 4) is 0 Å². The van der Waals surface area contributed by atoms with Gasteiger partial charge in [0.1, 0.15) is 0 Å². The van der Waals surface area contributed by atoms with Gasteiger partial charge in [-0.15, -0.1) is 0 Å². The lowest BCUT2D eigenvalue weighted by Crippen LogP contribution is -2.54. The van der Waals surface area contributed by atoms with E-state index in [2.05, 4.69) is 9.97 Å². The molecule has 2 heterocycles. The van der Waals surface area contributed by atoms with E-state index in [9.17, 15) is 9.50 Å². The van der Waals surface area contributed by atoms with Crippen LogP contribution in [0.3, 0.4) is 0 Å². The smallest absolute Gasteiger partial charge is 0.270 e. The van der Waals surface area contributed by atoms with Crippen LogP contribution in [0.15, 0.2) is 6.20 Å². The van der Waals surface area contributed by atoms with Gasteiger partial charge < -0.3 is 10.8 Å². The molecule has 0 atom stereocenters. The van der Waals surface area contributed by atoms with Gasteiger partial charge in [-0.1, -0.05) is 0 Å². The minimum absolute atomic E-state index is 0.0490. The van der Waals surface area contributed by atoms with Crippen molar-refractivity contribution in [3.05, 3.63) is 12.0 Å². The first-order chi connectivity index (χ1) is 7.68. The molecule has 16 heavy (non-hydrogen) atoms. The first-order valence-electron chi connectivity index (χ1n) is 5.43. The van der Waals surface area contributed by atoms with Crippen molar-refractivity contribution in [3.63, 3.8) is 0 Å². The van der Waals surface area contributed by atoms with Gasteiger partial charge in [0, 0.05) is 0 Å². The largest absolute Gasteiger partial charge is 0.368 e. The molecule has 0 amide bonds. The van der Waals surface area contributed by atoms with E-state index in [1.165, 1.54) is 0 Å². The number of rotatable bonds is 2. The standard InChI is InChI=1S/C10H16FN4O/c11-8-6-13-10(12)14-9(8)15(7-16)4-2-1-3-5-15/h6,16H,1-5,7H2,(H2,12,13,14)/q+1. The zero-order valence-electron chi connectivity index (χ0n) is 9.06. The monoisotopic (exact) mass is 227 g/mol. The van der Waals surface area contributed by atoms with Gasteiger partial charge in [-0.25, -0.2) is 9.47 Å². The van der Waals surface area contributed by atoms with Crippen molar-refractivity contribution in [2.24, 2.45) is 0 Å². The molecule has 0 unspecified atom stereocenters. The minimum atomic E-state index is -0.495. The number of quaternary nitrogens is 1. The number of nitrogens with zero attached hydrogens (tertiary/aromatic N) is 3. The molecule has 1 aliphatic rings. The molecule has 0 aromatic carbocycles. The predicted octanol–water partition coefficient (Wildman–Crippen LogP) is 0.639. The van der Waals surface area contributed by atoms with E-state index in [-0.39, 0.29) is 23.0 Å².